The molecule has 5 heteroatoms. The number of nitrogens with zero attached hydrogens (tertiary/aromatic N) is 1. The first-order chi connectivity index (χ1) is 10.7. The SMILES string of the molecule is CN(CCNC1CCc2cc(Br)ccc2C1)C(=O)OC(C)(C)C. The van der Waals surface area contributed by atoms with Crippen molar-refractivity contribution in [2.24, 2.45) is 0 Å². The van der Waals surface area contributed by atoms with Crippen molar-refractivity contribution in [1.29, 1.82) is 0 Å². The van der Waals surface area contributed by atoms with Crippen LogP contribution in [0, 0.1) is 0 Å². The van der Waals surface area contributed by atoms with Gasteiger partial charge in [-0.3, -0.25) is 0 Å². The fourth-order valence-electron chi connectivity index (χ4n) is 2.77. The molecule has 0 saturated carbocycles. The second-order valence-corrected chi connectivity index (χ2v) is 8.12. The smallest absolute Gasteiger partial charge is 0.410 e. The van der Waals surface area contributed by atoms with Crippen molar-refractivity contribution in [3.63, 3.8) is 0 Å². The number of nitrogens with one attached hydrogen (secondary N) is 1. The average Bonchev–Trinajstić information content (AvgIpc) is 2.45. The molecule has 1 atom stereocenters. The van der Waals surface area contributed by atoms with E-state index in [9.17, 15) is 4.79 Å². The highest BCUT2D eigenvalue weighted by Gasteiger charge is 2.21. The molecule has 4 nitrogen and oxygen atoms in total. The Balaban J connectivity index is 1.75. The van der Waals surface area contributed by atoms with E-state index in [1.807, 2.05) is 20.8 Å². The number of aryl methyl sites for hydroxylation is 1. The van der Waals surface area contributed by atoms with E-state index in [-0.39, 0.29) is 6.09 Å². The number of halogens is 1. The Morgan fingerprint density at radius 2 is 2.13 bits per heavy atom. The van der Waals surface area contributed by atoms with Gasteiger partial charge in [0.25, 0.3) is 0 Å². The van der Waals surface area contributed by atoms with Crippen LogP contribution in [0.2, 0.25) is 0 Å². The fourth-order valence-corrected chi connectivity index (χ4v) is 3.17. The highest BCUT2D eigenvalue weighted by atomic mass is 79.9. The molecule has 0 heterocycles. The van der Waals surface area contributed by atoms with Crippen LogP contribution in [0.5, 0.6) is 0 Å². The molecule has 0 radical (unpaired) electrons. The minimum absolute atomic E-state index is 0.266. The Bertz CT molecular complexity index is 554. The van der Waals surface area contributed by atoms with Gasteiger partial charge in [0.1, 0.15) is 5.60 Å². The van der Waals surface area contributed by atoms with Crippen LogP contribution in [0.25, 0.3) is 0 Å². The maximum absolute atomic E-state index is 11.9. The maximum atomic E-state index is 11.9. The van der Waals surface area contributed by atoms with Crippen LogP contribution in [0.1, 0.15) is 38.3 Å². The van der Waals surface area contributed by atoms with E-state index in [2.05, 4.69) is 39.4 Å². The number of amides is 1. The second-order valence-electron chi connectivity index (χ2n) is 7.21. The number of carbonyl (C=O) groups excluding carboxylic acids is 1. The van der Waals surface area contributed by atoms with Crippen LogP contribution in [-0.2, 0) is 17.6 Å². The third-order valence-electron chi connectivity index (χ3n) is 3.98. The topological polar surface area (TPSA) is 41.6 Å². The van der Waals surface area contributed by atoms with Crippen molar-refractivity contribution in [3.05, 3.63) is 33.8 Å². The predicted octanol–water partition coefficient (Wildman–Crippen LogP) is 3.76. The van der Waals surface area contributed by atoms with E-state index in [1.165, 1.54) is 11.1 Å². The van der Waals surface area contributed by atoms with Crippen LogP contribution in [-0.4, -0.2) is 42.8 Å². The second kappa shape index (κ2) is 7.67. The van der Waals surface area contributed by atoms with Gasteiger partial charge in [0, 0.05) is 30.7 Å². The summed E-state index contributed by atoms with van der Waals surface area (Å²) < 4.78 is 6.51. The zero-order valence-electron chi connectivity index (χ0n) is 14.5. The summed E-state index contributed by atoms with van der Waals surface area (Å²) in [4.78, 5) is 13.5. The number of carbonyl (C=O) groups is 1. The molecule has 1 unspecified atom stereocenters. The van der Waals surface area contributed by atoms with E-state index < -0.39 is 5.60 Å². The molecule has 1 aromatic rings. The first-order valence-corrected chi connectivity index (χ1v) is 8.99. The Morgan fingerprint density at radius 1 is 1.39 bits per heavy atom. The minimum atomic E-state index is -0.444. The Labute approximate surface area is 147 Å². The van der Waals surface area contributed by atoms with Gasteiger partial charge in [-0.05, 0) is 63.3 Å². The van der Waals surface area contributed by atoms with Gasteiger partial charge in [0.2, 0.25) is 0 Å². The highest BCUT2D eigenvalue weighted by molar-refractivity contribution is 9.10. The lowest BCUT2D eigenvalue weighted by Gasteiger charge is -2.28. The first-order valence-electron chi connectivity index (χ1n) is 8.19. The Hall–Kier alpha value is -1.07. The molecule has 0 fully saturated rings. The summed E-state index contributed by atoms with van der Waals surface area (Å²) in [5.74, 6) is 0. The summed E-state index contributed by atoms with van der Waals surface area (Å²) in [6.45, 7) is 7.09. The van der Waals surface area contributed by atoms with Gasteiger partial charge in [-0.1, -0.05) is 22.0 Å². The van der Waals surface area contributed by atoms with E-state index in [0.29, 0.717) is 12.6 Å². The van der Waals surface area contributed by atoms with Gasteiger partial charge in [-0.15, -0.1) is 0 Å². The zero-order chi connectivity index (χ0) is 17.0. The van der Waals surface area contributed by atoms with Crippen molar-refractivity contribution >= 4 is 22.0 Å². The summed E-state index contributed by atoms with van der Waals surface area (Å²) in [6.07, 6.45) is 3.03. The third kappa shape index (κ3) is 5.81. The van der Waals surface area contributed by atoms with Crippen molar-refractivity contribution in [2.75, 3.05) is 20.1 Å². The Morgan fingerprint density at radius 3 is 2.83 bits per heavy atom. The van der Waals surface area contributed by atoms with E-state index in [0.717, 1.165) is 30.3 Å². The lowest BCUT2D eigenvalue weighted by Crippen LogP contribution is -2.42. The Kier molecular flexibility index (Phi) is 6.09. The van der Waals surface area contributed by atoms with Crippen molar-refractivity contribution in [2.45, 2.75) is 51.7 Å². The van der Waals surface area contributed by atoms with Gasteiger partial charge in [-0.2, -0.15) is 0 Å². The predicted molar refractivity (Wildman–Crippen MR) is 96.8 cm³/mol. The number of rotatable bonds is 4. The molecule has 23 heavy (non-hydrogen) atoms. The minimum Gasteiger partial charge on any atom is -0.444 e. The molecule has 0 bridgehead atoms. The van der Waals surface area contributed by atoms with E-state index in [4.69, 9.17) is 4.74 Å². The van der Waals surface area contributed by atoms with Crippen LogP contribution in [0.3, 0.4) is 0 Å². The number of benzene rings is 1. The lowest BCUT2D eigenvalue weighted by atomic mass is 9.88. The summed E-state index contributed by atoms with van der Waals surface area (Å²) in [5.41, 5.74) is 2.43. The highest BCUT2D eigenvalue weighted by Crippen LogP contribution is 2.24. The molecule has 1 aromatic carbocycles. The quantitative estimate of drug-likeness (QED) is 0.861. The summed E-state index contributed by atoms with van der Waals surface area (Å²) in [7, 11) is 1.78. The molecular weight excluding hydrogens is 356 g/mol. The van der Waals surface area contributed by atoms with Crippen molar-refractivity contribution < 1.29 is 9.53 Å². The number of likely N-dealkylation sites (N-methyl/N-ethyl adjacent to an activating group) is 1. The zero-order valence-corrected chi connectivity index (χ0v) is 16.1. The molecule has 0 aliphatic heterocycles. The maximum Gasteiger partial charge on any atom is 0.410 e. The molecule has 0 aromatic heterocycles. The largest absolute Gasteiger partial charge is 0.444 e. The summed E-state index contributed by atoms with van der Waals surface area (Å²) in [6, 6.07) is 7.02. The third-order valence-corrected chi connectivity index (χ3v) is 4.48. The number of hydrogen-bond donors (Lipinski definition) is 1. The normalized spacial score (nSPS) is 17.5. The van der Waals surface area contributed by atoms with Gasteiger partial charge in [0.15, 0.2) is 0 Å². The van der Waals surface area contributed by atoms with Crippen LogP contribution >= 0.6 is 15.9 Å². The monoisotopic (exact) mass is 382 g/mol. The van der Waals surface area contributed by atoms with Crippen molar-refractivity contribution in [1.82, 2.24) is 10.2 Å². The first kappa shape index (κ1) is 18.3. The van der Waals surface area contributed by atoms with Gasteiger partial charge < -0.3 is 15.0 Å². The van der Waals surface area contributed by atoms with E-state index in [1.54, 1.807) is 11.9 Å². The fraction of sp³-hybridized carbons (Fsp3) is 0.611. The number of ether oxygens (including phenoxy) is 1. The standard InChI is InChI=1S/C18H27BrN2O2/c1-18(2,3)23-17(22)21(4)10-9-20-16-8-6-13-11-15(19)7-5-14(13)12-16/h5,7,11,16,20H,6,8-10,12H2,1-4H3. The van der Waals surface area contributed by atoms with Gasteiger partial charge in [0.05, 0.1) is 0 Å². The van der Waals surface area contributed by atoms with Gasteiger partial charge in [-0.25, -0.2) is 4.79 Å². The molecular formula is C18H27BrN2O2. The summed E-state index contributed by atoms with van der Waals surface area (Å²) in [5, 5.41) is 3.56. The molecule has 2 rings (SSSR count). The molecule has 1 aliphatic carbocycles. The molecule has 0 saturated heterocycles. The lowest BCUT2D eigenvalue weighted by molar-refractivity contribution is 0.0299. The summed E-state index contributed by atoms with van der Waals surface area (Å²) >= 11 is 3.53. The average molecular weight is 383 g/mol. The van der Waals surface area contributed by atoms with Gasteiger partial charge >= 0.3 is 6.09 Å². The molecule has 128 valence electrons. The van der Waals surface area contributed by atoms with Crippen LogP contribution in [0.15, 0.2) is 22.7 Å². The number of hydrogen-bond acceptors (Lipinski definition) is 3. The molecule has 1 aliphatic rings. The molecule has 0 spiro atoms. The molecule has 1 amide bonds. The van der Waals surface area contributed by atoms with E-state index >= 15 is 0 Å². The van der Waals surface area contributed by atoms with Crippen LogP contribution in [0.4, 0.5) is 4.79 Å². The van der Waals surface area contributed by atoms with Crippen LogP contribution < -0.4 is 5.32 Å². The molecule has 1 N–H and O–H groups in total. The van der Waals surface area contributed by atoms with Crippen molar-refractivity contribution in [3.8, 4) is 0 Å². The number of fused-ring (bicyclic) bond motifs is 1.